The van der Waals surface area contributed by atoms with Gasteiger partial charge in [0.05, 0.1) is 17.4 Å². The number of aromatic amines is 1. The second kappa shape index (κ2) is 8.44. The van der Waals surface area contributed by atoms with Crippen molar-refractivity contribution < 1.29 is 18.0 Å². The van der Waals surface area contributed by atoms with E-state index < -0.39 is 17.9 Å². The number of carbonyl (C=O) groups is 1. The van der Waals surface area contributed by atoms with Crippen LogP contribution in [-0.4, -0.2) is 34.3 Å². The van der Waals surface area contributed by atoms with Crippen LogP contribution in [0.1, 0.15) is 31.0 Å². The molecule has 1 fully saturated rings. The lowest BCUT2D eigenvalue weighted by Crippen LogP contribution is -2.35. The fourth-order valence-electron chi connectivity index (χ4n) is 3.69. The average Bonchev–Trinajstić information content (AvgIpc) is 3.22. The number of hydrogen-bond acceptors (Lipinski definition) is 4. The second-order valence-corrected chi connectivity index (χ2v) is 7.79. The molecule has 1 aromatic carbocycles. The Morgan fingerprint density at radius 2 is 2.00 bits per heavy atom. The van der Waals surface area contributed by atoms with Crippen LogP contribution in [0.5, 0.6) is 0 Å². The molecule has 0 aliphatic carbocycles. The zero-order valence-electron chi connectivity index (χ0n) is 17.0. The Labute approximate surface area is 177 Å². The van der Waals surface area contributed by atoms with Crippen molar-refractivity contribution in [3.05, 3.63) is 47.8 Å². The fourth-order valence-corrected chi connectivity index (χ4v) is 3.69. The minimum absolute atomic E-state index is 0.0553. The van der Waals surface area contributed by atoms with E-state index in [0.29, 0.717) is 30.3 Å². The average molecular weight is 432 g/mol. The van der Waals surface area contributed by atoms with Gasteiger partial charge in [0.25, 0.3) is 0 Å². The topological polar surface area (TPSA) is 85.9 Å². The molecule has 3 N–H and O–H groups in total. The third-order valence-electron chi connectivity index (χ3n) is 5.50. The number of nitrogens with zero attached hydrogens (tertiary/aromatic N) is 3. The van der Waals surface area contributed by atoms with E-state index in [1.165, 1.54) is 6.07 Å². The van der Waals surface area contributed by atoms with Crippen LogP contribution in [-0.2, 0) is 12.7 Å². The number of rotatable bonds is 4. The number of alkyl halides is 3. The van der Waals surface area contributed by atoms with Crippen molar-refractivity contribution in [1.29, 1.82) is 0 Å². The van der Waals surface area contributed by atoms with Crippen molar-refractivity contribution >= 4 is 28.4 Å². The summed E-state index contributed by atoms with van der Waals surface area (Å²) < 4.78 is 39.7. The van der Waals surface area contributed by atoms with Gasteiger partial charge in [0.2, 0.25) is 0 Å². The maximum atomic E-state index is 13.2. The van der Waals surface area contributed by atoms with Crippen molar-refractivity contribution in [3.63, 3.8) is 0 Å². The summed E-state index contributed by atoms with van der Waals surface area (Å²) in [7, 11) is 0. The van der Waals surface area contributed by atoms with E-state index >= 15 is 0 Å². The Balaban J connectivity index is 1.50. The number of pyridine rings is 1. The molecule has 0 spiro atoms. The van der Waals surface area contributed by atoms with Crippen LogP contribution in [0.2, 0.25) is 0 Å². The standard InChI is InChI=1S/C21H23F3N6O/c1-13-7-9-30(10-8-13)19-14(5-6-18(28-19)21(22,23)24)11-25-20(31)27-16-3-2-4-17-15(16)12-26-29-17/h2-6,12-13H,7-11H2,1H3,(H,26,29)(H2,25,27,31). The van der Waals surface area contributed by atoms with E-state index in [1.807, 2.05) is 11.0 Å². The van der Waals surface area contributed by atoms with E-state index in [4.69, 9.17) is 0 Å². The number of halogens is 3. The normalized spacial score (nSPS) is 15.3. The van der Waals surface area contributed by atoms with Gasteiger partial charge in [-0.2, -0.15) is 18.3 Å². The highest BCUT2D eigenvalue weighted by molar-refractivity contribution is 6.00. The monoisotopic (exact) mass is 432 g/mol. The Morgan fingerprint density at radius 3 is 2.74 bits per heavy atom. The molecule has 31 heavy (non-hydrogen) atoms. The van der Waals surface area contributed by atoms with Gasteiger partial charge in [0.1, 0.15) is 11.5 Å². The molecule has 0 bridgehead atoms. The van der Waals surface area contributed by atoms with Gasteiger partial charge >= 0.3 is 12.2 Å². The molecule has 3 heterocycles. The Kier molecular flexibility index (Phi) is 5.71. The predicted molar refractivity (Wildman–Crippen MR) is 112 cm³/mol. The minimum atomic E-state index is -4.52. The van der Waals surface area contributed by atoms with Crippen LogP contribution in [0.25, 0.3) is 10.9 Å². The van der Waals surface area contributed by atoms with Crippen LogP contribution in [0.3, 0.4) is 0 Å². The summed E-state index contributed by atoms with van der Waals surface area (Å²) in [6.07, 6.45) is -1.13. The molecule has 2 amide bonds. The molecule has 0 atom stereocenters. The number of urea groups is 1. The quantitative estimate of drug-likeness (QED) is 0.565. The number of piperidine rings is 1. The summed E-state index contributed by atoms with van der Waals surface area (Å²) >= 11 is 0. The number of benzene rings is 1. The SMILES string of the molecule is CC1CCN(c2nc(C(F)(F)F)ccc2CNC(=O)Nc2cccc3[nH]ncc23)CC1. The molecule has 1 aliphatic heterocycles. The Bertz CT molecular complexity index is 1070. The number of nitrogens with one attached hydrogen (secondary N) is 3. The first-order valence-electron chi connectivity index (χ1n) is 10.1. The van der Waals surface area contributed by atoms with Crippen LogP contribution < -0.4 is 15.5 Å². The highest BCUT2D eigenvalue weighted by Crippen LogP contribution is 2.32. The number of fused-ring (bicyclic) bond motifs is 1. The number of aromatic nitrogens is 3. The molecule has 10 heteroatoms. The van der Waals surface area contributed by atoms with Gasteiger partial charge in [-0.05, 0) is 37.0 Å². The molecule has 164 valence electrons. The lowest BCUT2D eigenvalue weighted by Gasteiger charge is -2.33. The highest BCUT2D eigenvalue weighted by atomic mass is 19.4. The van der Waals surface area contributed by atoms with Crippen molar-refractivity contribution in [3.8, 4) is 0 Å². The molecular weight excluding hydrogens is 409 g/mol. The summed E-state index contributed by atoms with van der Waals surface area (Å²) in [5.74, 6) is 0.805. The van der Waals surface area contributed by atoms with Crippen LogP contribution in [0, 0.1) is 5.92 Å². The van der Waals surface area contributed by atoms with E-state index in [9.17, 15) is 18.0 Å². The number of H-pyrrole nitrogens is 1. The van der Waals surface area contributed by atoms with Crippen molar-refractivity contribution in [2.45, 2.75) is 32.5 Å². The van der Waals surface area contributed by atoms with E-state index in [2.05, 4.69) is 32.7 Å². The molecule has 0 saturated carbocycles. The van der Waals surface area contributed by atoms with Crippen LogP contribution in [0.15, 0.2) is 36.5 Å². The lowest BCUT2D eigenvalue weighted by atomic mass is 9.99. The van der Waals surface area contributed by atoms with Gasteiger partial charge in [0.15, 0.2) is 0 Å². The van der Waals surface area contributed by atoms with E-state index in [1.54, 1.807) is 18.3 Å². The molecule has 7 nitrogen and oxygen atoms in total. The van der Waals surface area contributed by atoms with Crippen molar-refractivity contribution in [2.24, 2.45) is 5.92 Å². The number of hydrogen-bond donors (Lipinski definition) is 3. The van der Waals surface area contributed by atoms with E-state index in [0.717, 1.165) is 29.8 Å². The van der Waals surface area contributed by atoms with Crippen LogP contribution in [0.4, 0.5) is 29.5 Å². The molecule has 4 rings (SSSR count). The molecule has 2 aromatic heterocycles. The highest BCUT2D eigenvalue weighted by Gasteiger charge is 2.34. The summed E-state index contributed by atoms with van der Waals surface area (Å²) in [6, 6.07) is 7.25. The molecule has 0 radical (unpaired) electrons. The first-order valence-corrected chi connectivity index (χ1v) is 10.1. The number of anilines is 2. The third kappa shape index (κ3) is 4.73. The van der Waals surface area contributed by atoms with Gasteiger partial charge in [-0.1, -0.05) is 19.1 Å². The number of carbonyl (C=O) groups excluding carboxylic acids is 1. The Morgan fingerprint density at radius 1 is 1.23 bits per heavy atom. The third-order valence-corrected chi connectivity index (χ3v) is 5.50. The summed E-state index contributed by atoms with van der Waals surface area (Å²) in [4.78, 5) is 18.2. The van der Waals surface area contributed by atoms with Gasteiger partial charge in [-0.25, -0.2) is 9.78 Å². The lowest BCUT2D eigenvalue weighted by molar-refractivity contribution is -0.141. The maximum absolute atomic E-state index is 13.2. The summed E-state index contributed by atoms with van der Waals surface area (Å²) in [5, 5.41) is 13.0. The summed E-state index contributed by atoms with van der Waals surface area (Å²) in [6.45, 7) is 3.46. The molecular formula is C21H23F3N6O. The first kappa shape index (κ1) is 21.0. The molecule has 0 unspecified atom stereocenters. The first-order chi connectivity index (χ1) is 14.8. The van der Waals surface area contributed by atoms with Crippen molar-refractivity contribution in [1.82, 2.24) is 20.5 Å². The minimum Gasteiger partial charge on any atom is -0.356 e. The van der Waals surface area contributed by atoms with Crippen molar-refractivity contribution in [2.75, 3.05) is 23.3 Å². The van der Waals surface area contributed by atoms with Gasteiger partial charge < -0.3 is 15.5 Å². The zero-order chi connectivity index (χ0) is 22.0. The fraction of sp³-hybridized carbons (Fsp3) is 0.381. The van der Waals surface area contributed by atoms with Gasteiger partial charge in [0, 0.05) is 30.6 Å². The van der Waals surface area contributed by atoms with Gasteiger partial charge in [-0.3, -0.25) is 5.10 Å². The predicted octanol–water partition coefficient (Wildman–Crippen LogP) is 4.53. The van der Waals surface area contributed by atoms with Crippen LogP contribution >= 0.6 is 0 Å². The molecule has 1 saturated heterocycles. The Hall–Kier alpha value is -3.30. The second-order valence-electron chi connectivity index (χ2n) is 7.79. The summed E-state index contributed by atoms with van der Waals surface area (Å²) in [5.41, 5.74) is 0.978. The smallest absolute Gasteiger partial charge is 0.356 e. The largest absolute Gasteiger partial charge is 0.433 e. The molecule has 1 aliphatic rings. The maximum Gasteiger partial charge on any atom is 0.433 e. The van der Waals surface area contributed by atoms with E-state index in [-0.39, 0.29) is 12.4 Å². The van der Waals surface area contributed by atoms with Gasteiger partial charge in [-0.15, -0.1) is 0 Å². The molecule has 3 aromatic rings. The zero-order valence-corrected chi connectivity index (χ0v) is 17.0. The number of amides is 2.